The quantitative estimate of drug-likeness (QED) is 0.573. The summed E-state index contributed by atoms with van der Waals surface area (Å²) in [7, 11) is -5.80. The molecule has 0 amide bonds. The van der Waals surface area contributed by atoms with Gasteiger partial charge in [-0.3, -0.25) is 4.55 Å². The van der Waals surface area contributed by atoms with Gasteiger partial charge in [0.15, 0.2) is 0 Å². The van der Waals surface area contributed by atoms with E-state index < -0.39 is 38.9 Å². The van der Waals surface area contributed by atoms with Crippen LogP contribution in [0.2, 0.25) is 0 Å². The molecule has 1 rings (SSSR count). The highest BCUT2D eigenvalue weighted by Gasteiger charge is 2.78. The fraction of sp³-hybridized carbons (Fsp3) is 0.600. The van der Waals surface area contributed by atoms with Gasteiger partial charge < -0.3 is 0 Å². The summed E-state index contributed by atoms with van der Waals surface area (Å²) in [6.07, 6.45) is -1.15. The second-order valence-corrected chi connectivity index (χ2v) is 4.15. The molecule has 10 heteroatoms. The molecular weight excluding hydrogens is 254 g/mol. The lowest BCUT2D eigenvalue weighted by Gasteiger charge is -2.24. The van der Waals surface area contributed by atoms with Crippen LogP contribution >= 0.6 is 0 Å². The average Bonchev–Trinajstić information content (AvgIpc) is 2.07. The Balaban J connectivity index is 3.49. The Morgan fingerprint density at radius 2 is 1.47 bits per heavy atom. The van der Waals surface area contributed by atoms with Crippen molar-refractivity contribution in [1.29, 1.82) is 0 Å². The van der Waals surface area contributed by atoms with Crippen molar-refractivity contribution in [3.05, 3.63) is 11.0 Å². The summed E-state index contributed by atoms with van der Waals surface area (Å²) in [5, 5.41) is 0. The molecule has 15 heavy (non-hydrogen) atoms. The molecule has 0 bridgehead atoms. The highest BCUT2D eigenvalue weighted by atomic mass is 32.2. The molecule has 0 saturated carbocycles. The predicted molar refractivity (Wildman–Crippen MR) is 34.5 cm³/mol. The fourth-order valence-corrected chi connectivity index (χ4v) is 1.70. The van der Waals surface area contributed by atoms with Crippen molar-refractivity contribution in [3.63, 3.8) is 0 Å². The van der Waals surface area contributed by atoms with E-state index in [0.29, 0.717) is 0 Å². The monoisotopic (exact) mass is 256 g/mol. The largest absolute Gasteiger partial charge is 0.380 e. The number of hydrogen-bond acceptors (Lipinski definition) is 2. The molecule has 1 N–H and O–H groups in total. The van der Waals surface area contributed by atoms with Crippen LogP contribution in [-0.2, 0) is 10.1 Å². The molecule has 1 aliphatic carbocycles. The van der Waals surface area contributed by atoms with E-state index in [1.54, 1.807) is 0 Å². The van der Waals surface area contributed by atoms with Crippen molar-refractivity contribution in [2.24, 2.45) is 0 Å². The zero-order chi connectivity index (χ0) is 12.3. The minimum absolute atomic E-state index is 1.15. The second kappa shape index (κ2) is 2.67. The van der Waals surface area contributed by atoms with E-state index in [4.69, 9.17) is 4.55 Å². The smallest absolute Gasteiger partial charge is 0.282 e. The van der Waals surface area contributed by atoms with Crippen LogP contribution in [-0.4, -0.2) is 30.7 Å². The number of halogens is 6. The molecular formula is C5H2F6O3S. The molecule has 0 spiro atoms. The van der Waals surface area contributed by atoms with Crippen LogP contribution in [0.15, 0.2) is 11.0 Å². The highest BCUT2D eigenvalue weighted by Crippen LogP contribution is 2.56. The van der Waals surface area contributed by atoms with E-state index in [1.165, 1.54) is 0 Å². The summed E-state index contributed by atoms with van der Waals surface area (Å²) >= 11 is 0. The average molecular weight is 256 g/mol. The van der Waals surface area contributed by atoms with E-state index in [9.17, 15) is 34.8 Å². The molecule has 0 aromatic carbocycles. The van der Waals surface area contributed by atoms with Crippen molar-refractivity contribution >= 4 is 10.1 Å². The van der Waals surface area contributed by atoms with Crippen LogP contribution < -0.4 is 0 Å². The van der Waals surface area contributed by atoms with E-state index in [1.807, 2.05) is 0 Å². The van der Waals surface area contributed by atoms with Crippen LogP contribution in [0.4, 0.5) is 26.3 Å². The zero-order valence-electron chi connectivity index (χ0n) is 6.52. The summed E-state index contributed by atoms with van der Waals surface area (Å²) in [6.45, 7) is 0. The first-order chi connectivity index (χ1) is 6.34. The molecule has 0 unspecified atom stereocenters. The van der Waals surface area contributed by atoms with Crippen molar-refractivity contribution in [2.45, 2.75) is 17.8 Å². The first-order valence-electron chi connectivity index (χ1n) is 3.18. The Morgan fingerprint density at radius 1 is 1.07 bits per heavy atom. The maximum Gasteiger partial charge on any atom is 0.380 e. The zero-order valence-corrected chi connectivity index (χ0v) is 7.33. The van der Waals surface area contributed by atoms with Gasteiger partial charge in [-0.25, -0.2) is 0 Å². The minimum atomic E-state index is -5.88. The van der Waals surface area contributed by atoms with Gasteiger partial charge in [-0.2, -0.15) is 34.8 Å². The van der Waals surface area contributed by atoms with Crippen LogP contribution in [0.25, 0.3) is 0 Å². The van der Waals surface area contributed by atoms with Gasteiger partial charge >= 0.3 is 17.8 Å². The van der Waals surface area contributed by atoms with Gasteiger partial charge in [-0.15, -0.1) is 0 Å². The fourth-order valence-electron chi connectivity index (χ4n) is 0.946. The lowest BCUT2D eigenvalue weighted by Crippen LogP contribution is -2.49. The van der Waals surface area contributed by atoms with Gasteiger partial charge in [0.25, 0.3) is 10.1 Å². The second-order valence-electron chi connectivity index (χ2n) is 2.76. The van der Waals surface area contributed by atoms with Crippen molar-refractivity contribution < 1.29 is 39.3 Å². The van der Waals surface area contributed by atoms with Crippen molar-refractivity contribution in [2.75, 3.05) is 0 Å². The third kappa shape index (κ3) is 1.42. The maximum absolute atomic E-state index is 12.5. The third-order valence-electron chi connectivity index (χ3n) is 1.71. The Kier molecular flexibility index (Phi) is 2.19. The Labute approximate surface area is 79.1 Å². The molecule has 0 fully saturated rings. The summed E-state index contributed by atoms with van der Waals surface area (Å²) in [6, 6.07) is 0. The molecule has 0 aromatic rings. The van der Waals surface area contributed by atoms with E-state index >= 15 is 0 Å². The Hall–Kier alpha value is -0.770. The minimum Gasteiger partial charge on any atom is -0.282 e. The van der Waals surface area contributed by atoms with Crippen LogP contribution in [0, 0.1) is 0 Å². The molecule has 0 aromatic heterocycles. The van der Waals surface area contributed by atoms with Gasteiger partial charge in [0.2, 0.25) is 0 Å². The first-order valence-corrected chi connectivity index (χ1v) is 4.62. The normalized spacial score (nSPS) is 27.5. The van der Waals surface area contributed by atoms with E-state index in [-0.39, 0.29) is 0 Å². The van der Waals surface area contributed by atoms with E-state index in [0.717, 1.165) is 0 Å². The lowest BCUT2D eigenvalue weighted by molar-refractivity contribution is -0.260. The summed E-state index contributed by atoms with van der Waals surface area (Å²) in [5.41, 5.74) is 0. The first kappa shape index (κ1) is 12.3. The molecule has 1 aliphatic rings. The van der Waals surface area contributed by atoms with Crippen LogP contribution in [0.3, 0.4) is 0 Å². The Morgan fingerprint density at radius 3 is 1.60 bits per heavy atom. The SMILES string of the molecule is O=S(=O)(O)C1=CC(F)(F)C(F)(F)C1(F)F. The molecule has 0 heterocycles. The van der Waals surface area contributed by atoms with Crippen molar-refractivity contribution in [3.8, 4) is 0 Å². The predicted octanol–water partition coefficient (Wildman–Crippen LogP) is 1.68. The number of rotatable bonds is 1. The molecule has 0 atom stereocenters. The topological polar surface area (TPSA) is 54.4 Å². The Bertz CT molecular complexity index is 422. The maximum atomic E-state index is 12.5. The van der Waals surface area contributed by atoms with Crippen LogP contribution in [0.1, 0.15) is 0 Å². The summed E-state index contributed by atoms with van der Waals surface area (Å²) < 4.78 is 103. The van der Waals surface area contributed by atoms with Crippen molar-refractivity contribution in [1.82, 2.24) is 0 Å². The van der Waals surface area contributed by atoms with Gasteiger partial charge in [-0.1, -0.05) is 0 Å². The van der Waals surface area contributed by atoms with Gasteiger partial charge in [0.05, 0.1) is 0 Å². The third-order valence-corrected chi connectivity index (χ3v) is 2.64. The molecule has 3 nitrogen and oxygen atoms in total. The number of allylic oxidation sites excluding steroid dienone is 2. The summed E-state index contributed by atoms with van der Waals surface area (Å²) in [4.78, 5) is -2.69. The highest BCUT2D eigenvalue weighted by molar-refractivity contribution is 7.89. The van der Waals surface area contributed by atoms with Gasteiger partial charge in [0, 0.05) is 6.08 Å². The molecule has 0 radical (unpaired) electrons. The van der Waals surface area contributed by atoms with Crippen LogP contribution in [0.5, 0.6) is 0 Å². The van der Waals surface area contributed by atoms with Gasteiger partial charge in [-0.05, 0) is 0 Å². The molecule has 0 aliphatic heterocycles. The molecule has 88 valence electrons. The molecule has 0 saturated heterocycles. The van der Waals surface area contributed by atoms with E-state index in [2.05, 4.69) is 0 Å². The standard InChI is InChI=1S/C5H2F6O3S/c6-3(7)1-2(15(12,13)14)4(8,9)5(3,10)11/h1H,(H,12,13,14). The van der Waals surface area contributed by atoms with Gasteiger partial charge in [0.1, 0.15) is 4.91 Å². The lowest BCUT2D eigenvalue weighted by atomic mass is 10.2. The summed E-state index contributed by atoms with van der Waals surface area (Å²) in [5.74, 6) is -16.9. The number of hydrogen-bond donors (Lipinski definition) is 1. The number of alkyl halides is 6.